The Kier molecular flexibility index (Phi) is 5.22. The monoisotopic (exact) mass is 297 g/mol. The number of piperidine rings is 1. The zero-order chi connectivity index (χ0) is 15.6. The normalized spacial score (nSPS) is 26.9. The minimum absolute atomic E-state index is 0.0147. The number of rotatable bonds is 6. The summed E-state index contributed by atoms with van der Waals surface area (Å²) < 4.78 is 0. The van der Waals surface area contributed by atoms with E-state index in [2.05, 4.69) is 23.9 Å². The molecule has 0 radical (unpaired) electrons. The highest BCUT2D eigenvalue weighted by molar-refractivity contribution is 5.89. The number of amides is 1. The van der Waals surface area contributed by atoms with Crippen LogP contribution in [0.25, 0.3) is 0 Å². The predicted octanol–water partition coefficient (Wildman–Crippen LogP) is 0.192. The van der Waals surface area contributed by atoms with Crippen molar-refractivity contribution in [3.05, 3.63) is 0 Å². The first kappa shape index (κ1) is 16.2. The van der Waals surface area contributed by atoms with E-state index in [9.17, 15) is 9.59 Å². The van der Waals surface area contributed by atoms with Crippen molar-refractivity contribution in [3.8, 4) is 0 Å². The van der Waals surface area contributed by atoms with Crippen LogP contribution in [0.2, 0.25) is 0 Å². The summed E-state index contributed by atoms with van der Waals surface area (Å²) in [6.45, 7) is 3.78. The molecule has 21 heavy (non-hydrogen) atoms. The molecule has 2 rings (SSSR count). The summed E-state index contributed by atoms with van der Waals surface area (Å²) in [6, 6.07) is 0.595. The summed E-state index contributed by atoms with van der Waals surface area (Å²) in [5.74, 6) is -1.60. The van der Waals surface area contributed by atoms with E-state index in [0.717, 1.165) is 19.6 Å². The lowest BCUT2D eigenvalue weighted by Crippen LogP contribution is -2.45. The van der Waals surface area contributed by atoms with Gasteiger partial charge in [0.2, 0.25) is 5.91 Å². The summed E-state index contributed by atoms with van der Waals surface area (Å²) >= 11 is 0. The van der Waals surface area contributed by atoms with Crippen LogP contribution in [-0.4, -0.2) is 85.0 Å². The molecule has 2 fully saturated rings. The average molecular weight is 297 g/mol. The van der Waals surface area contributed by atoms with Crippen LogP contribution in [-0.2, 0) is 9.59 Å². The van der Waals surface area contributed by atoms with E-state index in [0.29, 0.717) is 19.0 Å². The van der Waals surface area contributed by atoms with E-state index in [-0.39, 0.29) is 11.8 Å². The highest BCUT2D eigenvalue weighted by Crippen LogP contribution is 2.39. The Bertz CT molecular complexity index is 394. The lowest BCUT2D eigenvalue weighted by atomic mass is 10.0. The van der Waals surface area contributed by atoms with E-state index in [4.69, 9.17) is 5.11 Å². The van der Waals surface area contributed by atoms with Crippen molar-refractivity contribution in [1.82, 2.24) is 14.7 Å². The minimum Gasteiger partial charge on any atom is -0.481 e. The van der Waals surface area contributed by atoms with E-state index in [1.54, 1.807) is 11.9 Å². The Labute approximate surface area is 126 Å². The molecule has 6 nitrogen and oxygen atoms in total. The Morgan fingerprint density at radius 2 is 1.76 bits per heavy atom. The second kappa shape index (κ2) is 6.75. The van der Waals surface area contributed by atoms with Crippen molar-refractivity contribution in [1.29, 1.82) is 0 Å². The lowest BCUT2D eigenvalue weighted by Gasteiger charge is -2.35. The fourth-order valence-corrected chi connectivity index (χ4v) is 3.06. The summed E-state index contributed by atoms with van der Waals surface area (Å²) in [6.07, 6.45) is 2.85. The molecule has 2 aliphatic rings. The quantitative estimate of drug-likeness (QED) is 0.758. The number of carboxylic acid groups (broad SMARTS) is 1. The van der Waals surface area contributed by atoms with E-state index >= 15 is 0 Å². The number of hydrogen-bond acceptors (Lipinski definition) is 4. The summed E-state index contributed by atoms with van der Waals surface area (Å²) in [5, 5.41) is 8.88. The number of likely N-dealkylation sites (N-methyl/N-ethyl adjacent to an activating group) is 2. The minimum atomic E-state index is -0.842. The van der Waals surface area contributed by atoms with Crippen LogP contribution in [0, 0.1) is 11.8 Å². The van der Waals surface area contributed by atoms with Crippen LogP contribution in [0.1, 0.15) is 19.3 Å². The molecule has 0 bridgehead atoms. The smallest absolute Gasteiger partial charge is 0.307 e. The van der Waals surface area contributed by atoms with Crippen LogP contribution in [0.15, 0.2) is 0 Å². The van der Waals surface area contributed by atoms with Gasteiger partial charge >= 0.3 is 5.97 Å². The second-order valence-corrected chi connectivity index (χ2v) is 6.56. The van der Waals surface area contributed by atoms with Crippen LogP contribution in [0.3, 0.4) is 0 Å². The molecule has 0 spiro atoms. The van der Waals surface area contributed by atoms with Crippen molar-refractivity contribution < 1.29 is 14.7 Å². The van der Waals surface area contributed by atoms with Gasteiger partial charge < -0.3 is 19.8 Å². The third kappa shape index (κ3) is 4.17. The van der Waals surface area contributed by atoms with Crippen LogP contribution in [0.5, 0.6) is 0 Å². The zero-order valence-corrected chi connectivity index (χ0v) is 13.3. The molecule has 120 valence electrons. The first-order valence-electron chi connectivity index (χ1n) is 7.76. The molecular formula is C15H27N3O3. The van der Waals surface area contributed by atoms with Gasteiger partial charge in [-0.1, -0.05) is 0 Å². The highest BCUT2D eigenvalue weighted by atomic mass is 16.4. The van der Waals surface area contributed by atoms with Gasteiger partial charge in [-0.25, -0.2) is 0 Å². The van der Waals surface area contributed by atoms with Crippen LogP contribution >= 0.6 is 0 Å². The topological polar surface area (TPSA) is 64.1 Å². The number of aliphatic carboxylic acids is 1. The maximum atomic E-state index is 12.1. The number of carbonyl (C=O) groups is 2. The van der Waals surface area contributed by atoms with Crippen molar-refractivity contribution in [2.75, 3.05) is 47.3 Å². The number of hydrogen-bond donors (Lipinski definition) is 1. The molecule has 1 aliphatic heterocycles. The number of carbonyl (C=O) groups excluding carboxylic acids is 1. The Hall–Kier alpha value is -1.14. The molecule has 0 aromatic carbocycles. The van der Waals surface area contributed by atoms with Crippen molar-refractivity contribution in [3.63, 3.8) is 0 Å². The number of carboxylic acids is 1. The third-order valence-electron chi connectivity index (χ3n) is 4.90. The molecular weight excluding hydrogens is 270 g/mol. The third-order valence-corrected chi connectivity index (χ3v) is 4.90. The Balaban J connectivity index is 1.70. The van der Waals surface area contributed by atoms with Gasteiger partial charge in [-0.2, -0.15) is 0 Å². The molecule has 1 saturated carbocycles. The van der Waals surface area contributed by atoms with Gasteiger partial charge in [0.05, 0.1) is 11.8 Å². The Morgan fingerprint density at radius 1 is 1.14 bits per heavy atom. The Morgan fingerprint density at radius 3 is 2.29 bits per heavy atom. The molecule has 1 saturated heterocycles. The van der Waals surface area contributed by atoms with Crippen molar-refractivity contribution in [2.45, 2.75) is 25.3 Å². The van der Waals surface area contributed by atoms with E-state index in [1.807, 2.05) is 0 Å². The summed E-state index contributed by atoms with van der Waals surface area (Å²) in [4.78, 5) is 29.3. The molecule has 1 N–H and O–H groups in total. The van der Waals surface area contributed by atoms with Crippen LogP contribution < -0.4 is 0 Å². The molecule has 6 heteroatoms. The largest absolute Gasteiger partial charge is 0.481 e. The van der Waals surface area contributed by atoms with Gasteiger partial charge in [0.25, 0.3) is 0 Å². The van der Waals surface area contributed by atoms with Gasteiger partial charge in [0.1, 0.15) is 0 Å². The molecule has 1 aliphatic carbocycles. The van der Waals surface area contributed by atoms with Crippen LogP contribution in [0.4, 0.5) is 0 Å². The van der Waals surface area contributed by atoms with E-state index in [1.165, 1.54) is 12.8 Å². The van der Waals surface area contributed by atoms with Gasteiger partial charge in [0.15, 0.2) is 0 Å². The highest BCUT2D eigenvalue weighted by Gasteiger charge is 2.49. The molecule has 0 unspecified atom stereocenters. The average Bonchev–Trinajstić information content (AvgIpc) is 3.25. The molecule has 2 atom stereocenters. The first-order valence-corrected chi connectivity index (χ1v) is 7.76. The zero-order valence-electron chi connectivity index (χ0n) is 13.3. The predicted molar refractivity (Wildman–Crippen MR) is 80.0 cm³/mol. The summed E-state index contributed by atoms with van der Waals surface area (Å²) in [7, 11) is 6.05. The van der Waals surface area contributed by atoms with Gasteiger partial charge in [-0.3, -0.25) is 9.59 Å². The van der Waals surface area contributed by atoms with E-state index < -0.39 is 11.9 Å². The second-order valence-electron chi connectivity index (χ2n) is 6.56. The summed E-state index contributed by atoms with van der Waals surface area (Å²) in [5.41, 5.74) is 0. The number of nitrogens with zero attached hydrogens (tertiary/aromatic N) is 3. The maximum absolute atomic E-state index is 12.1. The van der Waals surface area contributed by atoms with Gasteiger partial charge in [0, 0.05) is 26.2 Å². The van der Waals surface area contributed by atoms with Crippen molar-refractivity contribution >= 4 is 11.9 Å². The lowest BCUT2D eigenvalue weighted by molar-refractivity contribution is -0.141. The molecule has 1 amide bonds. The SMILES string of the molecule is CN1CCC(N(C)CCN(C)C(=O)[C@@H]2C[C@@H]2C(=O)O)CC1. The maximum Gasteiger partial charge on any atom is 0.307 e. The van der Waals surface area contributed by atoms with Crippen molar-refractivity contribution in [2.24, 2.45) is 11.8 Å². The molecule has 0 aromatic heterocycles. The molecule has 1 heterocycles. The fourth-order valence-electron chi connectivity index (χ4n) is 3.06. The van der Waals surface area contributed by atoms with Gasteiger partial charge in [-0.15, -0.1) is 0 Å². The fraction of sp³-hybridized carbons (Fsp3) is 0.867. The number of likely N-dealkylation sites (tertiary alicyclic amines) is 1. The molecule has 0 aromatic rings. The standard InChI is InChI=1S/C15H27N3O3/c1-16-6-4-11(5-7-16)17(2)8-9-18(3)14(19)12-10-13(12)15(20)21/h11-13H,4-10H2,1-3H3,(H,20,21)/t12-,13+/m1/s1. The first-order chi connectivity index (χ1) is 9.90. The van der Waals surface area contributed by atoms with Gasteiger partial charge in [-0.05, 0) is 46.4 Å².